The standard InChI is InChI=1S/C25H23Cl2N5O2/c1-31(2)24-23-18(15(10-12-28-23)16-7-5-8-19(26)22(16)27)14-29-32(24)25(33)30-20-11-13-34-21-9-4-3-6-17(20)21/h3-10,12,14,20,24H,11,13H2,1-2H3,(H,30,33)/t20-,24?/m0/s1. The number of para-hydroxylation sites is 1. The normalized spacial score (nSPS) is 18.8. The van der Waals surface area contributed by atoms with Crippen molar-refractivity contribution in [2.45, 2.75) is 18.6 Å². The molecule has 3 aromatic rings. The molecule has 2 amide bonds. The van der Waals surface area contributed by atoms with E-state index in [1.807, 2.05) is 61.5 Å². The number of benzene rings is 2. The van der Waals surface area contributed by atoms with Crippen LogP contribution in [0.3, 0.4) is 0 Å². The Bertz CT molecular complexity index is 1280. The minimum atomic E-state index is -0.506. The first-order valence-corrected chi connectivity index (χ1v) is 11.7. The highest BCUT2D eigenvalue weighted by Crippen LogP contribution is 2.39. The number of nitrogens with zero attached hydrogens (tertiary/aromatic N) is 4. The summed E-state index contributed by atoms with van der Waals surface area (Å²) in [5.41, 5.74) is 4.10. The largest absolute Gasteiger partial charge is 0.493 e. The van der Waals surface area contributed by atoms with Gasteiger partial charge in [0.1, 0.15) is 5.75 Å². The monoisotopic (exact) mass is 495 g/mol. The first-order chi connectivity index (χ1) is 16.5. The van der Waals surface area contributed by atoms with Gasteiger partial charge in [-0.25, -0.2) is 4.79 Å². The number of ether oxygens (including phenoxy) is 1. The number of carbonyl (C=O) groups excluding carboxylic acids is 1. The van der Waals surface area contributed by atoms with Crippen LogP contribution in [0.4, 0.5) is 4.79 Å². The Morgan fingerprint density at radius 2 is 1.94 bits per heavy atom. The summed E-state index contributed by atoms with van der Waals surface area (Å²) in [4.78, 5) is 20.0. The average molecular weight is 496 g/mol. The topological polar surface area (TPSA) is 70.1 Å². The second-order valence-corrected chi connectivity index (χ2v) is 9.15. The summed E-state index contributed by atoms with van der Waals surface area (Å²) in [5, 5.41) is 10.0. The highest BCUT2D eigenvalue weighted by atomic mass is 35.5. The van der Waals surface area contributed by atoms with E-state index in [1.54, 1.807) is 18.5 Å². The molecule has 7 nitrogen and oxygen atoms in total. The first-order valence-electron chi connectivity index (χ1n) is 10.9. The third-order valence-electron chi connectivity index (χ3n) is 6.00. The predicted molar refractivity (Wildman–Crippen MR) is 133 cm³/mol. The van der Waals surface area contributed by atoms with Crippen molar-refractivity contribution in [3.63, 3.8) is 0 Å². The van der Waals surface area contributed by atoms with Crippen molar-refractivity contribution in [1.29, 1.82) is 0 Å². The van der Waals surface area contributed by atoms with Crippen LogP contribution in [-0.2, 0) is 0 Å². The number of aromatic nitrogens is 1. The van der Waals surface area contributed by atoms with Crippen LogP contribution in [-0.4, -0.2) is 47.8 Å². The highest BCUT2D eigenvalue weighted by Gasteiger charge is 2.35. The maximum atomic E-state index is 13.4. The molecule has 0 spiro atoms. The molecule has 3 heterocycles. The van der Waals surface area contributed by atoms with Crippen molar-refractivity contribution in [2.24, 2.45) is 5.10 Å². The molecular weight excluding hydrogens is 473 g/mol. The Morgan fingerprint density at radius 1 is 1.12 bits per heavy atom. The van der Waals surface area contributed by atoms with Crippen molar-refractivity contribution in [1.82, 2.24) is 20.2 Å². The number of amides is 2. The van der Waals surface area contributed by atoms with Gasteiger partial charge in [-0.3, -0.25) is 9.88 Å². The maximum absolute atomic E-state index is 13.4. The fourth-order valence-electron chi connectivity index (χ4n) is 4.41. The van der Waals surface area contributed by atoms with Crippen LogP contribution in [0, 0.1) is 0 Å². The summed E-state index contributed by atoms with van der Waals surface area (Å²) in [7, 11) is 3.78. The molecule has 0 radical (unpaired) electrons. The molecule has 0 aliphatic carbocycles. The number of pyridine rings is 1. The Hall–Kier alpha value is -3.13. The number of hydrogen-bond donors (Lipinski definition) is 1. The zero-order chi connectivity index (χ0) is 23.8. The van der Waals surface area contributed by atoms with Crippen molar-refractivity contribution in [2.75, 3.05) is 20.7 Å². The third-order valence-corrected chi connectivity index (χ3v) is 6.82. The molecule has 2 atom stereocenters. The molecule has 34 heavy (non-hydrogen) atoms. The molecule has 0 fully saturated rings. The van der Waals surface area contributed by atoms with Gasteiger partial charge in [0.05, 0.1) is 34.6 Å². The fraction of sp³-hybridized carbons (Fsp3) is 0.240. The van der Waals surface area contributed by atoms with Gasteiger partial charge in [0.15, 0.2) is 6.17 Å². The molecule has 2 aliphatic heterocycles. The second kappa shape index (κ2) is 9.25. The number of hydrazone groups is 1. The Balaban J connectivity index is 1.49. The van der Waals surface area contributed by atoms with Gasteiger partial charge in [-0.05, 0) is 37.9 Å². The van der Waals surface area contributed by atoms with Gasteiger partial charge >= 0.3 is 6.03 Å². The summed E-state index contributed by atoms with van der Waals surface area (Å²) in [6.07, 6.45) is 3.55. The summed E-state index contributed by atoms with van der Waals surface area (Å²) < 4.78 is 5.73. The Morgan fingerprint density at radius 3 is 2.76 bits per heavy atom. The van der Waals surface area contributed by atoms with Crippen LogP contribution in [0.1, 0.15) is 35.4 Å². The zero-order valence-corrected chi connectivity index (χ0v) is 20.2. The number of carbonyl (C=O) groups is 1. The molecule has 1 N–H and O–H groups in total. The molecule has 2 aromatic carbocycles. The van der Waals surface area contributed by atoms with Crippen LogP contribution in [0.25, 0.3) is 11.1 Å². The van der Waals surface area contributed by atoms with Gasteiger partial charge in [-0.2, -0.15) is 10.1 Å². The number of fused-ring (bicyclic) bond motifs is 2. The van der Waals surface area contributed by atoms with E-state index in [0.717, 1.165) is 28.0 Å². The molecule has 2 aliphatic rings. The fourth-order valence-corrected chi connectivity index (χ4v) is 4.81. The molecule has 174 valence electrons. The minimum Gasteiger partial charge on any atom is -0.493 e. The van der Waals surface area contributed by atoms with E-state index >= 15 is 0 Å². The van der Waals surface area contributed by atoms with E-state index in [-0.39, 0.29) is 12.1 Å². The smallest absolute Gasteiger partial charge is 0.340 e. The van der Waals surface area contributed by atoms with E-state index < -0.39 is 6.17 Å². The molecule has 0 saturated heterocycles. The van der Waals surface area contributed by atoms with E-state index in [1.165, 1.54) is 5.01 Å². The quantitative estimate of drug-likeness (QED) is 0.520. The van der Waals surface area contributed by atoms with E-state index in [2.05, 4.69) is 15.4 Å². The molecular formula is C25H23Cl2N5O2. The molecule has 5 rings (SSSR count). The second-order valence-electron chi connectivity index (χ2n) is 8.36. The van der Waals surface area contributed by atoms with Crippen LogP contribution < -0.4 is 10.1 Å². The van der Waals surface area contributed by atoms with Gasteiger partial charge in [0.2, 0.25) is 0 Å². The maximum Gasteiger partial charge on any atom is 0.340 e. The molecule has 1 aromatic heterocycles. The summed E-state index contributed by atoms with van der Waals surface area (Å²) in [5.74, 6) is 0.792. The van der Waals surface area contributed by atoms with Crippen LogP contribution in [0.2, 0.25) is 10.0 Å². The molecule has 9 heteroatoms. The van der Waals surface area contributed by atoms with Gasteiger partial charge in [-0.1, -0.05) is 53.5 Å². The zero-order valence-electron chi connectivity index (χ0n) is 18.7. The highest BCUT2D eigenvalue weighted by molar-refractivity contribution is 6.43. The average Bonchev–Trinajstić information content (AvgIpc) is 2.84. The molecule has 0 bridgehead atoms. The van der Waals surface area contributed by atoms with Gasteiger partial charge in [0, 0.05) is 29.3 Å². The van der Waals surface area contributed by atoms with Crippen molar-refractivity contribution in [3.8, 4) is 16.9 Å². The summed E-state index contributed by atoms with van der Waals surface area (Å²) in [6.45, 7) is 0.538. The Kier molecular flexibility index (Phi) is 6.16. The minimum absolute atomic E-state index is 0.165. The van der Waals surface area contributed by atoms with Crippen LogP contribution in [0.5, 0.6) is 5.75 Å². The lowest BCUT2D eigenvalue weighted by atomic mass is 9.97. The lowest BCUT2D eigenvalue weighted by molar-refractivity contribution is 0.0947. The van der Waals surface area contributed by atoms with Crippen molar-refractivity contribution < 1.29 is 9.53 Å². The first kappa shape index (κ1) is 22.7. The third kappa shape index (κ3) is 4.00. The van der Waals surface area contributed by atoms with Gasteiger partial charge in [0.25, 0.3) is 0 Å². The van der Waals surface area contributed by atoms with Crippen molar-refractivity contribution >= 4 is 35.4 Å². The Labute approximate surface area is 207 Å². The lowest BCUT2D eigenvalue weighted by Crippen LogP contribution is -2.47. The van der Waals surface area contributed by atoms with Crippen LogP contribution in [0.15, 0.2) is 59.8 Å². The number of nitrogens with one attached hydrogen (secondary N) is 1. The molecule has 1 unspecified atom stereocenters. The SMILES string of the molecule is CN(C)C1c2nccc(-c3cccc(Cl)c3Cl)c2C=NN1C(=O)N[C@H]1CCOc2ccccc21. The van der Waals surface area contributed by atoms with E-state index in [4.69, 9.17) is 27.9 Å². The lowest BCUT2D eigenvalue weighted by Gasteiger charge is -2.37. The summed E-state index contributed by atoms with van der Waals surface area (Å²) in [6, 6.07) is 14.7. The van der Waals surface area contributed by atoms with Gasteiger partial charge in [-0.15, -0.1) is 0 Å². The molecule has 0 saturated carbocycles. The predicted octanol–water partition coefficient (Wildman–Crippen LogP) is 5.50. The number of rotatable bonds is 3. The summed E-state index contributed by atoms with van der Waals surface area (Å²) >= 11 is 12.8. The van der Waals surface area contributed by atoms with Crippen molar-refractivity contribution in [3.05, 3.63) is 81.6 Å². The number of urea groups is 1. The van der Waals surface area contributed by atoms with Gasteiger partial charge < -0.3 is 10.1 Å². The van der Waals surface area contributed by atoms with E-state index in [9.17, 15) is 4.79 Å². The van der Waals surface area contributed by atoms with Crippen LogP contribution >= 0.6 is 23.2 Å². The van der Waals surface area contributed by atoms with E-state index in [0.29, 0.717) is 28.8 Å². The number of halogens is 2. The number of hydrogen-bond acceptors (Lipinski definition) is 5.